The number of aryl methyl sites for hydroxylation is 1. The Morgan fingerprint density at radius 3 is 2.94 bits per heavy atom. The van der Waals surface area contributed by atoms with Crippen molar-refractivity contribution in [3.63, 3.8) is 0 Å². The molecule has 2 N–H and O–H groups in total. The van der Waals surface area contributed by atoms with E-state index >= 15 is 0 Å². The Balaban J connectivity index is 2.73. The molecule has 0 saturated carbocycles. The van der Waals surface area contributed by atoms with Gasteiger partial charge in [-0.1, -0.05) is 11.6 Å². The number of amides is 1. The molecule has 1 aromatic rings. The van der Waals surface area contributed by atoms with Crippen molar-refractivity contribution in [1.29, 1.82) is 0 Å². The van der Waals surface area contributed by atoms with Gasteiger partial charge in [-0.05, 0) is 26.3 Å². The first-order valence-electron chi connectivity index (χ1n) is 5.08. The molecule has 0 aromatic carbocycles. The van der Waals surface area contributed by atoms with Gasteiger partial charge >= 0.3 is 0 Å². The maximum atomic E-state index is 11.7. The fraction of sp³-hybridized carbons (Fsp3) is 0.455. The average Bonchev–Trinajstić information content (AvgIpc) is 2.17. The van der Waals surface area contributed by atoms with E-state index in [9.17, 15) is 4.79 Å². The van der Waals surface area contributed by atoms with Crippen molar-refractivity contribution in [1.82, 2.24) is 10.3 Å². The number of pyridine rings is 1. The Kier molecular flexibility index (Phi) is 4.71. The minimum absolute atomic E-state index is 0.0430. The molecule has 1 rings (SSSR count). The fourth-order valence-electron chi connectivity index (χ4n) is 1.26. The van der Waals surface area contributed by atoms with Crippen LogP contribution in [0.3, 0.4) is 0 Å². The summed E-state index contributed by atoms with van der Waals surface area (Å²) in [7, 11) is 0. The van der Waals surface area contributed by atoms with Gasteiger partial charge in [-0.2, -0.15) is 0 Å². The molecule has 1 amide bonds. The van der Waals surface area contributed by atoms with Crippen molar-refractivity contribution < 1.29 is 9.90 Å². The van der Waals surface area contributed by atoms with Crippen molar-refractivity contribution in [2.75, 3.05) is 6.61 Å². The summed E-state index contributed by atoms with van der Waals surface area (Å²) in [4.78, 5) is 15.8. The zero-order valence-corrected chi connectivity index (χ0v) is 10.1. The molecule has 0 aliphatic heterocycles. The molecule has 1 aromatic heterocycles. The van der Waals surface area contributed by atoms with E-state index < -0.39 is 0 Å². The van der Waals surface area contributed by atoms with Gasteiger partial charge in [-0.3, -0.25) is 9.78 Å². The molecule has 1 atom stereocenters. The van der Waals surface area contributed by atoms with Crippen LogP contribution in [0.1, 0.15) is 29.4 Å². The Hall–Kier alpha value is -1.13. The number of hydrogen-bond acceptors (Lipinski definition) is 3. The second kappa shape index (κ2) is 5.82. The highest BCUT2D eigenvalue weighted by atomic mass is 35.5. The van der Waals surface area contributed by atoms with E-state index in [0.717, 1.165) is 5.69 Å². The lowest BCUT2D eigenvalue weighted by Crippen LogP contribution is -2.33. The zero-order valence-electron chi connectivity index (χ0n) is 9.33. The van der Waals surface area contributed by atoms with Gasteiger partial charge in [0.25, 0.3) is 5.91 Å². The summed E-state index contributed by atoms with van der Waals surface area (Å²) in [5, 5.41) is 11.8. The number of carbonyl (C=O) groups is 1. The topological polar surface area (TPSA) is 62.2 Å². The van der Waals surface area contributed by atoms with Gasteiger partial charge in [-0.15, -0.1) is 0 Å². The molecule has 5 heteroatoms. The number of nitrogens with zero attached hydrogens (tertiary/aromatic N) is 1. The van der Waals surface area contributed by atoms with Gasteiger partial charge in [0.05, 0.1) is 10.6 Å². The van der Waals surface area contributed by atoms with E-state index in [0.29, 0.717) is 17.0 Å². The molecule has 0 spiro atoms. The third kappa shape index (κ3) is 3.47. The molecule has 0 aliphatic carbocycles. The summed E-state index contributed by atoms with van der Waals surface area (Å²) in [6.45, 7) is 3.67. The maximum Gasteiger partial charge on any atom is 0.254 e. The molecule has 1 heterocycles. The van der Waals surface area contributed by atoms with Crippen molar-refractivity contribution in [3.8, 4) is 0 Å². The summed E-state index contributed by atoms with van der Waals surface area (Å²) in [6, 6.07) is 1.56. The molecule has 0 saturated heterocycles. The van der Waals surface area contributed by atoms with Crippen molar-refractivity contribution >= 4 is 17.5 Å². The van der Waals surface area contributed by atoms with E-state index in [4.69, 9.17) is 16.7 Å². The zero-order chi connectivity index (χ0) is 12.1. The van der Waals surface area contributed by atoms with Gasteiger partial charge in [0.15, 0.2) is 0 Å². The van der Waals surface area contributed by atoms with Crippen LogP contribution >= 0.6 is 11.6 Å². The summed E-state index contributed by atoms with van der Waals surface area (Å²) < 4.78 is 0. The fourth-order valence-corrected chi connectivity index (χ4v) is 1.55. The average molecular weight is 243 g/mol. The van der Waals surface area contributed by atoms with Crippen LogP contribution < -0.4 is 5.32 Å². The summed E-state index contributed by atoms with van der Waals surface area (Å²) >= 11 is 5.93. The third-order valence-corrected chi connectivity index (χ3v) is 2.49. The monoisotopic (exact) mass is 242 g/mol. The highest BCUT2D eigenvalue weighted by Gasteiger charge is 2.13. The third-order valence-electron chi connectivity index (χ3n) is 2.17. The number of aliphatic hydroxyl groups is 1. The van der Waals surface area contributed by atoms with Crippen LogP contribution in [0.25, 0.3) is 0 Å². The number of aliphatic hydroxyl groups excluding tert-OH is 1. The molecule has 0 aliphatic rings. The van der Waals surface area contributed by atoms with Crippen LogP contribution in [-0.4, -0.2) is 28.6 Å². The Labute approximate surface area is 99.6 Å². The van der Waals surface area contributed by atoms with Crippen LogP contribution in [0, 0.1) is 6.92 Å². The van der Waals surface area contributed by atoms with E-state index in [2.05, 4.69) is 10.3 Å². The quantitative estimate of drug-likeness (QED) is 0.842. The number of nitrogens with one attached hydrogen (secondary N) is 1. The predicted octanol–water partition coefficient (Wildman–Crippen LogP) is 1.54. The number of halogens is 1. The maximum absolute atomic E-state index is 11.7. The van der Waals surface area contributed by atoms with Crippen molar-refractivity contribution in [2.45, 2.75) is 26.3 Å². The molecule has 0 radical (unpaired) electrons. The van der Waals surface area contributed by atoms with Gasteiger partial charge in [-0.25, -0.2) is 0 Å². The van der Waals surface area contributed by atoms with Gasteiger partial charge in [0, 0.05) is 24.5 Å². The number of aromatic nitrogens is 1. The minimum Gasteiger partial charge on any atom is -0.396 e. The molecular formula is C11H15ClN2O2. The van der Waals surface area contributed by atoms with Crippen LogP contribution in [0.15, 0.2) is 12.3 Å². The lowest BCUT2D eigenvalue weighted by Gasteiger charge is -2.12. The Morgan fingerprint density at radius 2 is 2.38 bits per heavy atom. The van der Waals surface area contributed by atoms with E-state index in [1.54, 1.807) is 6.07 Å². The molecule has 88 valence electrons. The second-order valence-corrected chi connectivity index (χ2v) is 4.10. The molecular weight excluding hydrogens is 228 g/mol. The lowest BCUT2D eigenvalue weighted by atomic mass is 10.2. The normalized spacial score (nSPS) is 12.2. The second-order valence-electron chi connectivity index (χ2n) is 3.69. The summed E-state index contributed by atoms with van der Waals surface area (Å²) in [6.07, 6.45) is 1.97. The van der Waals surface area contributed by atoms with E-state index in [1.807, 2.05) is 13.8 Å². The van der Waals surface area contributed by atoms with Crippen LogP contribution in [0.4, 0.5) is 0 Å². The minimum atomic E-state index is -0.265. The summed E-state index contributed by atoms with van der Waals surface area (Å²) in [5.41, 5.74) is 1.13. The number of hydrogen-bond donors (Lipinski definition) is 2. The lowest BCUT2D eigenvalue weighted by molar-refractivity contribution is 0.0934. The highest BCUT2D eigenvalue weighted by molar-refractivity contribution is 6.33. The first-order valence-corrected chi connectivity index (χ1v) is 5.46. The summed E-state index contributed by atoms with van der Waals surface area (Å²) in [5.74, 6) is -0.265. The highest BCUT2D eigenvalue weighted by Crippen LogP contribution is 2.15. The molecule has 0 bridgehead atoms. The molecule has 4 nitrogen and oxygen atoms in total. The smallest absolute Gasteiger partial charge is 0.254 e. The van der Waals surface area contributed by atoms with Crippen LogP contribution in [0.5, 0.6) is 0 Å². The van der Waals surface area contributed by atoms with Gasteiger partial charge in [0.2, 0.25) is 0 Å². The van der Waals surface area contributed by atoms with Crippen LogP contribution in [-0.2, 0) is 0 Å². The van der Waals surface area contributed by atoms with Gasteiger partial charge < -0.3 is 10.4 Å². The number of rotatable bonds is 4. The Bertz CT molecular complexity index is 382. The largest absolute Gasteiger partial charge is 0.396 e. The van der Waals surface area contributed by atoms with E-state index in [-0.39, 0.29) is 18.6 Å². The number of carbonyl (C=O) groups excluding carboxylic acids is 1. The molecule has 1 unspecified atom stereocenters. The van der Waals surface area contributed by atoms with E-state index in [1.165, 1.54) is 6.20 Å². The SMILES string of the molecule is Cc1cc(Cl)c(C(=O)NC(C)CCO)cn1. The van der Waals surface area contributed by atoms with Crippen molar-refractivity contribution in [3.05, 3.63) is 28.5 Å². The predicted molar refractivity (Wildman–Crippen MR) is 62.6 cm³/mol. The first kappa shape index (κ1) is 12.9. The van der Waals surface area contributed by atoms with Gasteiger partial charge in [0.1, 0.15) is 0 Å². The molecule has 16 heavy (non-hydrogen) atoms. The standard InChI is InChI=1S/C11H15ClN2O2/c1-7(3-4-15)14-11(16)9-6-13-8(2)5-10(9)12/h5-7,15H,3-4H2,1-2H3,(H,14,16). The van der Waals surface area contributed by atoms with Crippen LogP contribution in [0.2, 0.25) is 5.02 Å². The first-order chi connectivity index (χ1) is 7.54. The van der Waals surface area contributed by atoms with Crippen molar-refractivity contribution in [2.24, 2.45) is 0 Å². The Morgan fingerprint density at radius 1 is 1.69 bits per heavy atom. The molecule has 0 fully saturated rings.